The Bertz CT molecular complexity index is 726. The maximum atomic E-state index is 4.52. The maximum absolute atomic E-state index is 4.52. The Hall–Kier alpha value is -2.56. The van der Waals surface area contributed by atoms with E-state index >= 15 is 0 Å². The summed E-state index contributed by atoms with van der Waals surface area (Å²) < 4.78 is 0. The molecule has 1 atom stereocenters. The van der Waals surface area contributed by atoms with Crippen molar-refractivity contribution in [2.75, 3.05) is 0 Å². The molecule has 0 amide bonds. The Morgan fingerprint density at radius 1 is 1.11 bits per heavy atom. The zero-order valence-corrected chi connectivity index (χ0v) is 9.41. The lowest BCUT2D eigenvalue weighted by Gasteiger charge is -2.03. The molecule has 1 aliphatic rings. The monoisotopic (exact) mass is 235 g/mol. The third-order valence-electron chi connectivity index (χ3n) is 3.07. The highest BCUT2D eigenvalue weighted by Gasteiger charge is 2.24. The molecular weight excluding hydrogens is 226 g/mol. The second-order valence-electron chi connectivity index (χ2n) is 4.19. The van der Waals surface area contributed by atoms with Crippen LogP contribution in [0.15, 0.2) is 53.0 Å². The van der Waals surface area contributed by atoms with E-state index in [0.29, 0.717) is 0 Å². The van der Waals surface area contributed by atoms with E-state index in [1.807, 2.05) is 30.3 Å². The fourth-order valence-corrected chi connectivity index (χ4v) is 2.20. The van der Waals surface area contributed by atoms with Crippen molar-refractivity contribution in [3.05, 3.63) is 54.1 Å². The van der Waals surface area contributed by atoms with E-state index in [-0.39, 0.29) is 6.04 Å². The van der Waals surface area contributed by atoms with Crippen LogP contribution in [0.25, 0.3) is 11.0 Å². The third kappa shape index (κ3) is 1.27. The molecule has 0 saturated carbocycles. The van der Waals surface area contributed by atoms with Crippen LogP contribution in [0, 0.1) is 0 Å². The Labute approximate surface area is 103 Å². The molecule has 5 heteroatoms. The van der Waals surface area contributed by atoms with Gasteiger partial charge in [-0.2, -0.15) is 10.2 Å². The quantitative estimate of drug-likeness (QED) is 0.704. The van der Waals surface area contributed by atoms with E-state index in [0.717, 1.165) is 28.1 Å². The molecule has 0 bridgehead atoms. The van der Waals surface area contributed by atoms with Gasteiger partial charge in [-0.25, -0.2) is 4.98 Å². The molecular formula is C13H9N5. The fraction of sp³-hybridized carbons (Fsp3) is 0.0769. The van der Waals surface area contributed by atoms with Gasteiger partial charge in [0.15, 0.2) is 6.04 Å². The van der Waals surface area contributed by atoms with Crippen molar-refractivity contribution in [1.82, 2.24) is 15.0 Å². The first kappa shape index (κ1) is 9.47. The summed E-state index contributed by atoms with van der Waals surface area (Å²) in [4.78, 5) is 11.9. The minimum atomic E-state index is -0.131. The molecule has 3 aromatic rings. The molecule has 1 aromatic carbocycles. The van der Waals surface area contributed by atoms with Gasteiger partial charge >= 0.3 is 0 Å². The summed E-state index contributed by atoms with van der Waals surface area (Å²) in [6, 6.07) is 9.72. The van der Waals surface area contributed by atoms with Crippen LogP contribution in [0.2, 0.25) is 0 Å². The van der Waals surface area contributed by atoms with E-state index in [4.69, 9.17) is 0 Å². The number of aromatic nitrogens is 3. The van der Waals surface area contributed by atoms with Crippen molar-refractivity contribution in [2.24, 2.45) is 10.2 Å². The van der Waals surface area contributed by atoms with Gasteiger partial charge in [-0.3, -0.25) is 4.98 Å². The highest BCUT2D eigenvalue weighted by atomic mass is 15.2. The molecule has 0 spiro atoms. The van der Waals surface area contributed by atoms with Gasteiger partial charge in [0.05, 0.1) is 17.4 Å². The number of aromatic amines is 1. The van der Waals surface area contributed by atoms with Crippen LogP contribution in [0.4, 0.5) is 5.69 Å². The van der Waals surface area contributed by atoms with Crippen LogP contribution in [-0.4, -0.2) is 15.0 Å². The summed E-state index contributed by atoms with van der Waals surface area (Å²) in [6.45, 7) is 0. The second kappa shape index (κ2) is 3.46. The molecule has 1 unspecified atom stereocenters. The Kier molecular flexibility index (Phi) is 1.82. The van der Waals surface area contributed by atoms with Crippen molar-refractivity contribution >= 4 is 16.7 Å². The summed E-state index contributed by atoms with van der Waals surface area (Å²) in [5.74, 6) is 0.812. The fourth-order valence-electron chi connectivity index (χ4n) is 2.20. The first-order valence-electron chi connectivity index (χ1n) is 5.71. The summed E-state index contributed by atoms with van der Waals surface area (Å²) in [6.07, 6.45) is 3.49. The van der Waals surface area contributed by atoms with Crippen molar-refractivity contribution in [1.29, 1.82) is 0 Å². The molecule has 4 rings (SSSR count). The lowest BCUT2D eigenvalue weighted by atomic mass is 10.1. The first-order valence-corrected chi connectivity index (χ1v) is 5.71. The molecule has 18 heavy (non-hydrogen) atoms. The molecule has 86 valence electrons. The summed E-state index contributed by atoms with van der Waals surface area (Å²) in [5, 5.41) is 8.46. The van der Waals surface area contributed by atoms with Gasteiger partial charge in [-0.1, -0.05) is 18.2 Å². The largest absolute Gasteiger partial charge is 0.340 e. The number of benzene rings is 1. The number of hydrogen-bond acceptors (Lipinski definition) is 4. The van der Waals surface area contributed by atoms with E-state index in [1.54, 1.807) is 12.4 Å². The molecule has 2 aromatic heterocycles. The number of H-pyrrole nitrogens is 1. The minimum absolute atomic E-state index is 0.131. The van der Waals surface area contributed by atoms with Crippen LogP contribution in [0.3, 0.4) is 0 Å². The van der Waals surface area contributed by atoms with Gasteiger partial charge < -0.3 is 4.98 Å². The standard InChI is InChI=1S/C13H9N5/c1-2-4-9-8(3-1)12(18-17-9)13-15-10-5-6-14-7-11(10)16-13/h1-7,12H,(H,15,16). The van der Waals surface area contributed by atoms with E-state index in [2.05, 4.69) is 25.2 Å². The molecule has 5 nitrogen and oxygen atoms in total. The normalized spacial score (nSPS) is 17.2. The van der Waals surface area contributed by atoms with Crippen LogP contribution in [0.1, 0.15) is 17.4 Å². The Balaban J connectivity index is 1.87. The van der Waals surface area contributed by atoms with Crippen LogP contribution in [0.5, 0.6) is 0 Å². The molecule has 1 N–H and O–H groups in total. The summed E-state index contributed by atoms with van der Waals surface area (Å²) in [7, 11) is 0. The highest BCUT2D eigenvalue weighted by molar-refractivity contribution is 5.74. The van der Waals surface area contributed by atoms with Gasteiger partial charge in [0, 0.05) is 11.8 Å². The number of nitrogens with one attached hydrogen (secondary N) is 1. The molecule has 0 aliphatic carbocycles. The lowest BCUT2D eigenvalue weighted by molar-refractivity contribution is 0.800. The van der Waals surface area contributed by atoms with Crippen molar-refractivity contribution in [2.45, 2.75) is 6.04 Å². The van der Waals surface area contributed by atoms with Crippen molar-refractivity contribution in [3.8, 4) is 0 Å². The molecule has 1 aliphatic heterocycles. The molecule has 0 saturated heterocycles. The van der Waals surface area contributed by atoms with Crippen molar-refractivity contribution in [3.63, 3.8) is 0 Å². The summed E-state index contributed by atoms with van der Waals surface area (Å²) >= 11 is 0. The maximum Gasteiger partial charge on any atom is 0.156 e. The number of azo groups is 1. The minimum Gasteiger partial charge on any atom is -0.340 e. The van der Waals surface area contributed by atoms with Crippen molar-refractivity contribution < 1.29 is 0 Å². The highest BCUT2D eigenvalue weighted by Crippen LogP contribution is 2.38. The van der Waals surface area contributed by atoms with Gasteiger partial charge in [-0.05, 0) is 12.1 Å². The average molecular weight is 235 g/mol. The Morgan fingerprint density at radius 3 is 3.00 bits per heavy atom. The average Bonchev–Trinajstić information content (AvgIpc) is 3.02. The van der Waals surface area contributed by atoms with Gasteiger partial charge in [-0.15, -0.1) is 0 Å². The predicted molar refractivity (Wildman–Crippen MR) is 66.7 cm³/mol. The number of pyridine rings is 1. The second-order valence-corrected chi connectivity index (χ2v) is 4.19. The first-order chi connectivity index (χ1) is 8.92. The zero-order chi connectivity index (χ0) is 11.9. The van der Waals surface area contributed by atoms with E-state index in [1.165, 1.54) is 0 Å². The number of hydrogen-bond donors (Lipinski definition) is 1. The lowest BCUT2D eigenvalue weighted by Crippen LogP contribution is -1.96. The van der Waals surface area contributed by atoms with Gasteiger partial charge in [0.1, 0.15) is 11.3 Å². The molecule has 3 heterocycles. The van der Waals surface area contributed by atoms with Crippen LogP contribution < -0.4 is 0 Å². The number of fused-ring (bicyclic) bond motifs is 2. The third-order valence-corrected chi connectivity index (χ3v) is 3.07. The van der Waals surface area contributed by atoms with Gasteiger partial charge in [0.25, 0.3) is 0 Å². The SMILES string of the molecule is c1ccc2c(c1)N=NC2c1nc2cnccc2[nH]1. The number of imidazole rings is 1. The predicted octanol–water partition coefficient (Wildman–Crippen LogP) is 3.14. The summed E-state index contributed by atoms with van der Waals surface area (Å²) in [5.41, 5.74) is 3.83. The number of rotatable bonds is 1. The van der Waals surface area contributed by atoms with Gasteiger partial charge in [0.2, 0.25) is 0 Å². The molecule has 0 radical (unpaired) electrons. The van der Waals surface area contributed by atoms with E-state index in [9.17, 15) is 0 Å². The van der Waals surface area contributed by atoms with Crippen LogP contribution >= 0.6 is 0 Å². The zero-order valence-electron chi connectivity index (χ0n) is 9.41. The Morgan fingerprint density at radius 2 is 2.06 bits per heavy atom. The smallest absolute Gasteiger partial charge is 0.156 e. The van der Waals surface area contributed by atoms with Crippen LogP contribution in [-0.2, 0) is 0 Å². The topological polar surface area (TPSA) is 66.3 Å². The van der Waals surface area contributed by atoms with E-state index < -0.39 is 0 Å². The molecule has 0 fully saturated rings. The number of nitrogens with zero attached hydrogens (tertiary/aromatic N) is 4.